The number of thioether (sulfide) groups is 1. The fourth-order valence-corrected chi connectivity index (χ4v) is 5.46. The van der Waals surface area contributed by atoms with Crippen LogP contribution in [-0.4, -0.2) is 32.7 Å². The summed E-state index contributed by atoms with van der Waals surface area (Å²) in [7, 11) is 0. The van der Waals surface area contributed by atoms with E-state index in [4.69, 9.17) is 0 Å². The number of carbonyl (C=O) groups is 2. The minimum absolute atomic E-state index is 0.170. The van der Waals surface area contributed by atoms with Gasteiger partial charge >= 0.3 is 0 Å². The third kappa shape index (κ3) is 4.62. The van der Waals surface area contributed by atoms with Gasteiger partial charge in [0.1, 0.15) is 0 Å². The van der Waals surface area contributed by atoms with E-state index in [1.165, 1.54) is 34.4 Å². The Morgan fingerprint density at radius 1 is 0.844 bits per heavy atom. The first-order valence-corrected chi connectivity index (χ1v) is 12.2. The normalized spacial score (nSPS) is 11.0. The lowest BCUT2D eigenvalue weighted by Gasteiger charge is -2.03. The molecule has 0 bridgehead atoms. The van der Waals surface area contributed by atoms with Crippen LogP contribution >= 0.6 is 34.4 Å². The monoisotopic (exact) mass is 477 g/mol. The van der Waals surface area contributed by atoms with E-state index in [9.17, 15) is 9.59 Å². The highest BCUT2D eigenvalue weighted by Gasteiger charge is 2.13. The zero-order valence-electron chi connectivity index (χ0n) is 16.4. The van der Waals surface area contributed by atoms with Crippen molar-refractivity contribution in [1.82, 2.24) is 15.2 Å². The molecule has 10 heteroatoms. The first-order chi connectivity index (χ1) is 15.6. The molecule has 2 N–H and O–H groups in total. The van der Waals surface area contributed by atoms with Crippen molar-refractivity contribution in [3.05, 3.63) is 72.3 Å². The van der Waals surface area contributed by atoms with Crippen LogP contribution in [0.2, 0.25) is 0 Å². The largest absolute Gasteiger partial charge is 0.301 e. The van der Waals surface area contributed by atoms with E-state index in [-0.39, 0.29) is 17.6 Å². The molecule has 2 amide bonds. The number of nitrogens with one attached hydrogen (secondary N) is 2. The van der Waals surface area contributed by atoms with Gasteiger partial charge in [0.15, 0.2) is 9.47 Å². The number of anilines is 2. The van der Waals surface area contributed by atoms with Crippen LogP contribution in [-0.2, 0) is 4.79 Å². The molecule has 158 valence electrons. The number of hydrogen-bond acceptors (Lipinski definition) is 8. The van der Waals surface area contributed by atoms with Gasteiger partial charge in [0.25, 0.3) is 5.91 Å². The van der Waals surface area contributed by atoms with Gasteiger partial charge in [-0.2, -0.15) is 0 Å². The van der Waals surface area contributed by atoms with E-state index in [2.05, 4.69) is 25.8 Å². The standard InChI is InChI=1S/C22H15N5O2S3/c28-18(24-20-23-16-7-3-4-8-17(16)31-20)12-30-22-27-26-21(32-22)25-19(29)15-10-9-13-5-1-2-6-14(13)11-15/h1-11H,12H2,(H,23,24,28)(H,25,26,29). The van der Waals surface area contributed by atoms with Crippen LogP contribution in [0.25, 0.3) is 21.0 Å². The first-order valence-electron chi connectivity index (χ1n) is 9.56. The van der Waals surface area contributed by atoms with Gasteiger partial charge in [-0.1, -0.05) is 76.9 Å². The average Bonchev–Trinajstić information content (AvgIpc) is 3.43. The van der Waals surface area contributed by atoms with E-state index >= 15 is 0 Å². The quantitative estimate of drug-likeness (QED) is 0.255. The van der Waals surface area contributed by atoms with Crippen molar-refractivity contribution in [2.45, 2.75) is 4.34 Å². The lowest BCUT2D eigenvalue weighted by molar-refractivity contribution is -0.113. The topological polar surface area (TPSA) is 96.9 Å². The molecule has 0 fully saturated rings. The molecule has 5 aromatic rings. The lowest BCUT2D eigenvalue weighted by atomic mass is 10.1. The molecule has 0 saturated heterocycles. The Morgan fingerprint density at radius 3 is 2.53 bits per heavy atom. The van der Waals surface area contributed by atoms with E-state index in [0.29, 0.717) is 20.2 Å². The maximum atomic E-state index is 12.6. The van der Waals surface area contributed by atoms with Gasteiger partial charge in [0, 0.05) is 5.56 Å². The predicted molar refractivity (Wildman–Crippen MR) is 131 cm³/mol. The molecule has 32 heavy (non-hydrogen) atoms. The second-order valence-electron chi connectivity index (χ2n) is 6.71. The minimum Gasteiger partial charge on any atom is -0.301 e. The number of para-hydroxylation sites is 1. The van der Waals surface area contributed by atoms with E-state index in [1.54, 1.807) is 6.07 Å². The number of hydrogen-bond donors (Lipinski definition) is 2. The zero-order chi connectivity index (χ0) is 21.9. The maximum Gasteiger partial charge on any atom is 0.257 e. The summed E-state index contributed by atoms with van der Waals surface area (Å²) >= 11 is 3.92. The Labute approximate surface area is 194 Å². The second-order valence-corrected chi connectivity index (χ2v) is 9.94. The maximum absolute atomic E-state index is 12.6. The smallest absolute Gasteiger partial charge is 0.257 e. The van der Waals surface area contributed by atoms with E-state index in [1.807, 2.05) is 60.7 Å². The van der Waals surface area contributed by atoms with Gasteiger partial charge in [-0.3, -0.25) is 14.9 Å². The van der Waals surface area contributed by atoms with Crippen molar-refractivity contribution in [1.29, 1.82) is 0 Å². The number of nitrogens with zero attached hydrogens (tertiary/aromatic N) is 3. The van der Waals surface area contributed by atoms with Crippen molar-refractivity contribution in [2.24, 2.45) is 0 Å². The van der Waals surface area contributed by atoms with Crippen LogP contribution in [0.1, 0.15) is 10.4 Å². The molecular formula is C22H15N5O2S3. The summed E-state index contributed by atoms with van der Waals surface area (Å²) in [4.78, 5) is 29.2. The molecule has 7 nitrogen and oxygen atoms in total. The second kappa shape index (κ2) is 9.03. The van der Waals surface area contributed by atoms with Gasteiger partial charge in [0.2, 0.25) is 11.0 Å². The summed E-state index contributed by atoms with van der Waals surface area (Å²) in [5, 5.41) is 16.7. The molecule has 0 radical (unpaired) electrons. The number of carbonyl (C=O) groups excluding carboxylic acids is 2. The highest BCUT2D eigenvalue weighted by atomic mass is 32.2. The van der Waals surface area contributed by atoms with Crippen LogP contribution in [0, 0.1) is 0 Å². The number of rotatable bonds is 6. The molecular weight excluding hydrogens is 462 g/mol. The minimum atomic E-state index is -0.253. The number of thiazole rings is 1. The van der Waals surface area contributed by atoms with Crippen molar-refractivity contribution in [2.75, 3.05) is 16.4 Å². The third-order valence-corrected chi connectivity index (χ3v) is 7.43. The van der Waals surface area contributed by atoms with Gasteiger partial charge in [-0.15, -0.1) is 10.2 Å². The third-order valence-electron chi connectivity index (χ3n) is 4.51. The van der Waals surface area contributed by atoms with Crippen molar-refractivity contribution in [3.63, 3.8) is 0 Å². The van der Waals surface area contributed by atoms with Crippen molar-refractivity contribution >= 4 is 77.5 Å². The Bertz CT molecular complexity index is 1410. The van der Waals surface area contributed by atoms with Gasteiger partial charge in [-0.25, -0.2) is 4.98 Å². The molecule has 0 atom stereocenters. The summed E-state index contributed by atoms with van der Waals surface area (Å²) in [6.07, 6.45) is 0. The van der Waals surface area contributed by atoms with Gasteiger partial charge in [-0.05, 0) is 35.0 Å². The Balaban J connectivity index is 1.17. The van der Waals surface area contributed by atoms with Crippen molar-refractivity contribution in [3.8, 4) is 0 Å². The van der Waals surface area contributed by atoms with Gasteiger partial charge in [0.05, 0.1) is 16.0 Å². The van der Waals surface area contributed by atoms with Crippen LogP contribution in [0.15, 0.2) is 71.1 Å². The van der Waals surface area contributed by atoms with Crippen LogP contribution in [0.4, 0.5) is 10.3 Å². The van der Waals surface area contributed by atoms with Crippen molar-refractivity contribution < 1.29 is 9.59 Å². The molecule has 0 unspecified atom stereocenters. The average molecular weight is 478 g/mol. The Morgan fingerprint density at radius 2 is 1.66 bits per heavy atom. The summed E-state index contributed by atoms with van der Waals surface area (Å²) in [6, 6.07) is 21.1. The predicted octanol–water partition coefficient (Wildman–Crippen LogP) is 5.28. The summed E-state index contributed by atoms with van der Waals surface area (Å²) in [6.45, 7) is 0. The molecule has 0 saturated carbocycles. The lowest BCUT2D eigenvalue weighted by Crippen LogP contribution is -2.13. The Kier molecular flexibility index (Phi) is 5.80. The van der Waals surface area contributed by atoms with E-state index in [0.717, 1.165) is 21.0 Å². The molecule has 0 aliphatic carbocycles. The molecule has 2 heterocycles. The van der Waals surface area contributed by atoms with Crippen LogP contribution < -0.4 is 10.6 Å². The fraction of sp³-hybridized carbons (Fsp3) is 0.0455. The molecule has 3 aromatic carbocycles. The van der Waals surface area contributed by atoms with Crippen LogP contribution in [0.5, 0.6) is 0 Å². The highest BCUT2D eigenvalue weighted by molar-refractivity contribution is 8.01. The Hall–Kier alpha value is -3.34. The molecule has 2 aromatic heterocycles. The van der Waals surface area contributed by atoms with Crippen LogP contribution in [0.3, 0.4) is 0 Å². The fourth-order valence-electron chi connectivity index (χ4n) is 3.03. The summed E-state index contributed by atoms with van der Waals surface area (Å²) < 4.78 is 1.62. The number of aromatic nitrogens is 3. The number of benzene rings is 3. The number of fused-ring (bicyclic) bond motifs is 2. The molecule has 0 aliphatic rings. The summed E-state index contributed by atoms with van der Waals surface area (Å²) in [5.41, 5.74) is 1.40. The SMILES string of the molecule is O=C(CSc1nnc(NC(=O)c2ccc3ccccc3c2)s1)Nc1nc2ccccc2s1. The summed E-state index contributed by atoms with van der Waals surface area (Å²) in [5.74, 6) is -0.258. The van der Waals surface area contributed by atoms with E-state index < -0.39 is 0 Å². The highest BCUT2D eigenvalue weighted by Crippen LogP contribution is 2.28. The molecule has 0 aliphatic heterocycles. The zero-order valence-corrected chi connectivity index (χ0v) is 18.9. The van der Waals surface area contributed by atoms with Gasteiger partial charge < -0.3 is 5.32 Å². The molecule has 0 spiro atoms. The number of amides is 2. The first kappa shape index (κ1) is 20.6. The molecule has 5 rings (SSSR count).